The summed E-state index contributed by atoms with van der Waals surface area (Å²) in [5.74, 6) is 2.80. The van der Waals surface area contributed by atoms with Crippen LogP contribution in [0.15, 0.2) is 18.2 Å². The van der Waals surface area contributed by atoms with E-state index in [1.54, 1.807) is 7.11 Å². The van der Waals surface area contributed by atoms with Gasteiger partial charge in [0.25, 0.3) is 0 Å². The molecule has 1 aliphatic rings. The molecule has 1 saturated heterocycles. The van der Waals surface area contributed by atoms with Crippen LogP contribution in [0.5, 0.6) is 5.75 Å². The minimum atomic E-state index is 0.432. The van der Waals surface area contributed by atoms with Crippen LogP contribution in [0, 0.1) is 5.92 Å². The zero-order chi connectivity index (χ0) is 13.4. The summed E-state index contributed by atoms with van der Waals surface area (Å²) in [6.45, 7) is 6.66. The van der Waals surface area contributed by atoms with Crippen molar-refractivity contribution in [1.82, 2.24) is 14.9 Å². The lowest BCUT2D eigenvalue weighted by Crippen LogP contribution is -2.43. The minimum absolute atomic E-state index is 0.432. The lowest BCUT2D eigenvalue weighted by Gasteiger charge is -2.27. The number of benzene rings is 1. The summed E-state index contributed by atoms with van der Waals surface area (Å²) in [4.78, 5) is 4.82. The molecule has 0 unspecified atom stereocenters. The molecule has 1 fully saturated rings. The molecule has 0 amide bonds. The van der Waals surface area contributed by atoms with Crippen LogP contribution in [-0.4, -0.2) is 29.8 Å². The van der Waals surface area contributed by atoms with Crippen molar-refractivity contribution in [3.63, 3.8) is 0 Å². The van der Waals surface area contributed by atoms with Gasteiger partial charge in [0.2, 0.25) is 0 Å². The molecular formula is C15H21N3O. The van der Waals surface area contributed by atoms with Crippen LogP contribution in [0.25, 0.3) is 11.0 Å². The summed E-state index contributed by atoms with van der Waals surface area (Å²) < 4.78 is 7.64. The molecule has 0 atom stereocenters. The molecule has 4 heteroatoms. The topological polar surface area (TPSA) is 39.1 Å². The SMILES string of the molecule is COc1ccc2c(c1)nc(CC1CNC1)n2C(C)C. The fourth-order valence-electron chi connectivity index (χ4n) is 2.73. The largest absolute Gasteiger partial charge is 0.497 e. The summed E-state index contributed by atoms with van der Waals surface area (Å²) in [6.07, 6.45) is 1.06. The van der Waals surface area contributed by atoms with Gasteiger partial charge in [-0.1, -0.05) is 0 Å². The van der Waals surface area contributed by atoms with Crippen molar-refractivity contribution in [2.45, 2.75) is 26.3 Å². The Labute approximate surface area is 113 Å². The van der Waals surface area contributed by atoms with Crippen LogP contribution in [0.4, 0.5) is 0 Å². The molecule has 2 aromatic rings. The van der Waals surface area contributed by atoms with Crippen molar-refractivity contribution in [3.8, 4) is 5.75 Å². The van der Waals surface area contributed by atoms with Crippen LogP contribution >= 0.6 is 0 Å². The Morgan fingerprint density at radius 2 is 2.21 bits per heavy atom. The first-order valence-corrected chi connectivity index (χ1v) is 6.94. The molecule has 102 valence electrons. The maximum atomic E-state index is 5.29. The molecule has 0 aliphatic carbocycles. The number of ether oxygens (including phenoxy) is 1. The minimum Gasteiger partial charge on any atom is -0.497 e. The summed E-state index contributed by atoms with van der Waals surface area (Å²) in [6, 6.07) is 6.58. The first-order chi connectivity index (χ1) is 9.19. The standard InChI is InChI=1S/C15H21N3O/c1-10(2)18-14-5-4-12(19-3)7-13(14)17-15(18)6-11-8-16-9-11/h4-5,7,10-11,16H,6,8-9H2,1-3H3. The van der Waals surface area contributed by atoms with Crippen LogP contribution < -0.4 is 10.1 Å². The fourth-order valence-corrected chi connectivity index (χ4v) is 2.73. The summed E-state index contributed by atoms with van der Waals surface area (Å²) in [5.41, 5.74) is 2.24. The highest BCUT2D eigenvalue weighted by Crippen LogP contribution is 2.26. The highest BCUT2D eigenvalue weighted by atomic mass is 16.5. The van der Waals surface area contributed by atoms with E-state index in [2.05, 4.69) is 29.8 Å². The van der Waals surface area contributed by atoms with E-state index in [-0.39, 0.29) is 0 Å². The molecular weight excluding hydrogens is 238 g/mol. The van der Waals surface area contributed by atoms with E-state index in [9.17, 15) is 0 Å². The van der Waals surface area contributed by atoms with E-state index in [0.29, 0.717) is 6.04 Å². The van der Waals surface area contributed by atoms with E-state index in [4.69, 9.17) is 9.72 Å². The molecule has 1 aliphatic heterocycles. The van der Waals surface area contributed by atoms with Crippen LogP contribution in [0.3, 0.4) is 0 Å². The third-order valence-electron chi connectivity index (χ3n) is 3.82. The highest BCUT2D eigenvalue weighted by molar-refractivity contribution is 5.78. The first kappa shape index (κ1) is 12.5. The third kappa shape index (κ3) is 2.21. The number of fused-ring (bicyclic) bond motifs is 1. The third-order valence-corrected chi connectivity index (χ3v) is 3.82. The molecule has 19 heavy (non-hydrogen) atoms. The van der Waals surface area contributed by atoms with Gasteiger partial charge in [0.15, 0.2) is 0 Å². The van der Waals surface area contributed by atoms with Gasteiger partial charge < -0.3 is 14.6 Å². The van der Waals surface area contributed by atoms with Crippen molar-refractivity contribution in [2.75, 3.05) is 20.2 Å². The molecule has 0 bridgehead atoms. The zero-order valence-corrected chi connectivity index (χ0v) is 11.8. The summed E-state index contributed by atoms with van der Waals surface area (Å²) in [5, 5.41) is 3.33. The van der Waals surface area contributed by atoms with Crippen LogP contribution in [-0.2, 0) is 6.42 Å². The van der Waals surface area contributed by atoms with Gasteiger partial charge in [-0.15, -0.1) is 0 Å². The average Bonchev–Trinajstić information content (AvgIpc) is 2.70. The second-order valence-corrected chi connectivity index (χ2v) is 5.57. The van der Waals surface area contributed by atoms with Crippen molar-refractivity contribution in [3.05, 3.63) is 24.0 Å². The number of nitrogens with zero attached hydrogens (tertiary/aromatic N) is 2. The van der Waals surface area contributed by atoms with E-state index in [0.717, 1.165) is 36.7 Å². The monoisotopic (exact) mass is 259 g/mol. The lowest BCUT2D eigenvalue weighted by molar-refractivity contribution is 0.335. The Morgan fingerprint density at radius 1 is 1.42 bits per heavy atom. The molecule has 0 saturated carbocycles. The van der Waals surface area contributed by atoms with Gasteiger partial charge in [0.05, 0.1) is 18.1 Å². The number of nitrogens with one attached hydrogen (secondary N) is 1. The molecule has 1 N–H and O–H groups in total. The highest BCUT2D eigenvalue weighted by Gasteiger charge is 2.22. The molecule has 0 spiro atoms. The Hall–Kier alpha value is -1.55. The van der Waals surface area contributed by atoms with Gasteiger partial charge in [-0.05, 0) is 45.0 Å². The summed E-state index contributed by atoms with van der Waals surface area (Å²) in [7, 11) is 1.70. The van der Waals surface area contributed by atoms with Crippen LogP contribution in [0.1, 0.15) is 25.7 Å². The quantitative estimate of drug-likeness (QED) is 0.916. The number of aromatic nitrogens is 2. The predicted molar refractivity (Wildman–Crippen MR) is 76.7 cm³/mol. The molecule has 1 aromatic heterocycles. The zero-order valence-electron chi connectivity index (χ0n) is 11.8. The van der Waals surface area contributed by atoms with Crippen LogP contribution in [0.2, 0.25) is 0 Å². The Bertz CT molecular complexity index is 584. The van der Waals surface area contributed by atoms with Gasteiger partial charge in [0.1, 0.15) is 11.6 Å². The van der Waals surface area contributed by atoms with Gasteiger partial charge in [-0.2, -0.15) is 0 Å². The van der Waals surface area contributed by atoms with Gasteiger partial charge in [0, 0.05) is 18.5 Å². The van der Waals surface area contributed by atoms with E-state index in [1.807, 2.05) is 12.1 Å². The Balaban J connectivity index is 2.05. The number of methoxy groups -OCH3 is 1. The summed E-state index contributed by atoms with van der Waals surface area (Å²) >= 11 is 0. The average molecular weight is 259 g/mol. The Kier molecular flexibility index (Phi) is 3.19. The second kappa shape index (κ2) is 4.85. The van der Waals surface area contributed by atoms with E-state index >= 15 is 0 Å². The van der Waals surface area contributed by atoms with Gasteiger partial charge >= 0.3 is 0 Å². The van der Waals surface area contributed by atoms with Crippen molar-refractivity contribution in [1.29, 1.82) is 0 Å². The molecule has 4 nitrogen and oxygen atoms in total. The molecule has 1 aromatic carbocycles. The number of hydrogen-bond donors (Lipinski definition) is 1. The maximum Gasteiger partial charge on any atom is 0.121 e. The second-order valence-electron chi connectivity index (χ2n) is 5.57. The maximum absolute atomic E-state index is 5.29. The Morgan fingerprint density at radius 3 is 2.79 bits per heavy atom. The fraction of sp³-hybridized carbons (Fsp3) is 0.533. The molecule has 0 radical (unpaired) electrons. The van der Waals surface area contributed by atoms with E-state index in [1.165, 1.54) is 11.3 Å². The number of hydrogen-bond acceptors (Lipinski definition) is 3. The molecule has 3 rings (SSSR count). The normalized spacial score (nSPS) is 16.0. The van der Waals surface area contributed by atoms with Gasteiger partial charge in [-0.3, -0.25) is 0 Å². The predicted octanol–water partition coefficient (Wildman–Crippen LogP) is 2.39. The number of rotatable bonds is 4. The van der Waals surface area contributed by atoms with Gasteiger partial charge in [-0.25, -0.2) is 4.98 Å². The van der Waals surface area contributed by atoms with Crippen molar-refractivity contribution >= 4 is 11.0 Å². The van der Waals surface area contributed by atoms with Crippen molar-refractivity contribution in [2.24, 2.45) is 5.92 Å². The van der Waals surface area contributed by atoms with E-state index < -0.39 is 0 Å². The smallest absolute Gasteiger partial charge is 0.121 e. The lowest BCUT2D eigenvalue weighted by atomic mass is 9.99. The number of imidazole rings is 1. The van der Waals surface area contributed by atoms with Crippen molar-refractivity contribution < 1.29 is 4.74 Å². The molecule has 2 heterocycles. The first-order valence-electron chi connectivity index (χ1n) is 6.94.